The molecule has 3 nitrogen and oxygen atoms in total. The minimum atomic E-state index is -0.542. The van der Waals surface area contributed by atoms with Crippen molar-refractivity contribution in [1.29, 1.82) is 0 Å². The maximum atomic E-state index is 11.8. The number of rotatable bonds is 1. The van der Waals surface area contributed by atoms with Crippen molar-refractivity contribution in [1.82, 2.24) is 0 Å². The fraction of sp³-hybridized carbons (Fsp3) is 0.933. The van der Waals surface area contributed by atoms with E-state index in [1.54, 1.807) is 0 Å². The zero-order chi connectivity index (χ0) is 14.9. The van der Waals surface area contributed by atoms with Gasteiger partial charge in [-0.3, -0.25) is 0 Å². The van der Waals surface area contributed by atoms with E-state index in [1.165, 1.54) is 19.3 Å². The summed E-state index contributed by atoms with van der Waals surface area (Å²) in [4.78, 5) is 12.7. The first kappa shape index (κ1) is 16.6. The van der Waals surface area contributed by atoms with E-state index in [0.29, 0.717) is 10.7 Å². The van der Waals surface area contributed by atoms with Crippen LogP contribution in [0.2, 0.25) is 0 Å². The van der Waals surface area contributed by atoms with Gasteiger partial charge in [-0.2, -0.15) is 0 Å². The number of fused-ring (bicyclic) bond motifs is 1. The highest BCUT2D eigenvalue weighted by Crippen LogP contribution is 2.46. The number of carbonyl (C=O) groups is 1. The molecule has 2 fully saturated rings. The zero-order valence-corrected chi connectivity index (χ0v) is 15.6. The summed E-state index contributed by atoms with van der Waals surface area (Å²) in [7, 11) is 0. The highest BCUT2D eigenvalue weighted by atomic mass is 79.9. The fourth-order valence-corrected chi connectivity index (χ4v) is 5.13. The predicted octanol–water partition coefficient (Wildman–Crippen LogP) is 5.04. The molecular formula is C15H24Br2O3. The van der Waals surface area contributed by atoms with Crippen molar-refractivity contribution < 1.29 is 14.3 Å². The maximum absolute atomic E-state index is 11.8. The molecule has 0 heterocycles. The summed E-state index contributed by atoms with van der Waals surface area (Å²) in [6.07, 6.45) is 5.12. The van der Waals surface area contributed by atoms with Gasteiger partial charge in [0.1, 0.15) is 11.7 Å². The molecule has 0 spiro atoms. The van der Waals surface area contributed by atoms with Crippen molar-refractivity contribution in [3.05, 3.63) is 0 Å². The molecule has 2 aliphatic carbocycles. The van der Waals surface area contributed by atoms with Crippen molar-refractivity contribution in [3.63, 3.8) is 0 Å². The Morgan fingerprint density at radius 2 is 1.80 bits per heavy atom. The molecule has 5 unspecified atom stereocenters. The molecule has 20 heavy (non-hydrogen) atoms. The van der Waals surface area contributed by atoms with Gasteiger partial charge < -0.3 is 9.47 Å². The molecule has 2 saturated carbocycles. The van der Waals surface area contributed by atoms with Crippen LogP contribution in [0.3, 0.4) is 0 Å². The number of halogens is 2. The van der Waals surface area contributed by atoms with Gasteiger partial charge in [-0.05, 0) is 64.7 Å². The Labute approximate surface area is 138 Å². The third-order valence-corrected chi connectivity index (χ3v) is 6.30. The monoisotopic (exact) mass is 410 g/mol. The van der Waals surface area contributed by atoms with E-state index in [9.17, 15) is 4.79 Å². The van der Waals surface area contributed by atoms with E-state index in [2.05, 4.69) is 31.9 Å². The predicted molar refractivity (Wildman–Crippen MR) is 86.6 cm³/mol. The minimum Gasteiger partial charge on any atom is -0.430 e. The molecule has 5 heteroatoms. The van der Waals surface area contributed by atoms with Crippen LogP contribution in [0.25, 0.3) is 0 Å². The van der Waals surface area contributed by atoms with Crippen LogP contribution in [0.4, 0.5) is 4.79 Å². The second-order valence-corrected chi connectivity index (χ2v) is 9.33. The van der Waals surface area contributed by atoms with Gasteiger partial charge in [0.25, 0.3) is 0 Å². The van der Waals surface area contributed by atoms with Gasteiger partial charge in [0.05, 0.1) is 4.83 Å². The first-order valence-corrected chi connectivity index (χ1v) is 9.27. The van der Waals surface area contributed by atoms with Crippen LogP contribution in [0.15, 0.2) is 0 Å². The fourth-order valence-electron chi connectivity index (χ4n) is 3.32. The third kappa shape index (κ3) is 4.36. The molecular weight excluding hydrogens is 388 g/mol. The molecule has 0 aromatic rings. The van der Waals surface area contributed by atoms with Crippen LogP contribution in [0.5, 0.6) is 0 Å². The Balaban J connectivity index is 1.90. The van der Waals surface area contributed by atoms with E-state index >= 15 is 0 Å². The lowest BCUT2D eigenvalue weighted by Gasteiger charge is -2.43. The van der Waals surface area contributed by atoms with Gasteiger partial charge in [-0.15, -0.1) is 0 Å². The summed E-state index contributed by atoms with van der Waals surface area (Å²) in [6, 6.07) is 0. The largest absolute Gasteiger partial charge is 0.509 e. The first-order valence-electron chi connectivity index (χ1n) is 7.44. The third-order valence-electron chi connectivity index (χ3n) is 4.20. The molecule has 0 N–H and O–H groups in total. The normalized spacial score (nSPS) is 38.0. The van der Waals surface area contributed by atoms with Gasteiger partial charge >= 0.3 is 6.16 Å². The highest BCUT2D eigenvalue weighted by molar-refractivity contribution is 9.09. The van der Waals surface area contributed by atoms with Gasteiger partial charge in [-0.25, -0.2) is 4.79 Å². The van der Waals surface area contributed by atoms with E-state index in [-0.39, 0.29) is 10.9 Å². The highest BCUT2D eigenvalue weighted by Gasteiger charge is 2.42. The molecule has 0 aromatic heterocycles. The van der Waals surface area contributed by atoms with Crippen LogP contribution in [0.1, 0.15) is 52.9 Å². The van der Waals surface area contributed by atoms with Crippen LogP contribution in [-0.4, -0.2) is 27.5 Å². The number of alkyl halides is 2. The molecule has 116 valence electrons. The Hall–Kier alpha value is 0.230. The summed E-state index contributed by atoms with van der Waals surface area (Å²) < 4.78 is 10.8. The molecule has 0 saturated heterocycles. The van der Waals surface area contributed by atoms with Crippen LogP contribution >= 0.6 is 31.9 Å². The molecule has 0 bridgehead atoms. The molecule has 0 radical (unpaired) electrons. The SMILES string of the molecule is CC(C)(C)OC(=O)OC1CCC2CC(Br)CCC2C1Br. The van der Waals surface area contributed by atoms with E-state index in [1.807, 2.05) is 20.8 Å². The maximum Gasteiger partial charge on any atom is 0.509 e. The van der Waals surface area contributed by atoms with Crippen molar-refractivity contribution in [2.75, 3.05) is 0 Å². The van der Waals surface area contributed by atoms with Crippen molar-refractivity contribution in [3.8, 4) is 0 Å². The molecule has 0 aliphatic heterocycles. The molecule has 2 rings (SSSR count). The van der Waals surface area contributed by atoms with Crippen LogP contribution in [-0.2, 0) is 9.47 Å². The number of carbonyl (C=O) groups excluding carboxylic acids is 1. The van der Waals surface area contributed by atoms with Gasteiger partial charge in [0, 0.05) is 4.83 Å². The van der Waals surface area contributed by atoms with Gasteiger partial charge in [0.15, 0.2) is 0 Å². The molecule has 5 atom stereocenters. The summed E-state index contributed by atoms with van der Waals surface area (Å²) in [5, 5.41) is 0. The average molecular weight is 412 g/mol. The lowest BCUT2D eigenvalue weighted by atomic mass is 9.70. The second kappa shape index (κ2) is 6.55. The zero-order valence-electron chi connectivity index (χ0n) is 12.4. The molecule has 0 amide bonds. The van der Waals surface area contributed by atoms with Crippen molar-refractivity contribution >= 4 is 38.0 Å². The Bertz CT molecular complexity index is 354. The molecule has 0 aromatic carbocycles. The second-order valence-electron chi connectivity index (χ2n) is 6.98. The Kier molecular flexibility index (Phi) is 5.44. The number of ether oxygens (including phenoxy) is 2. The minimum absolute atomic E-state index is 0.0574. The average Bonchev–Trinajstić information content (AvgIpc) is 2.30. The van der Waals surface area contributed by atoms with Crippen LogP contribution < -0.4 is 0 Å². The van der Waals surface area contributed by atoms with Gasteiger partial charge in [-0.1, -0.05) is 31.9 Å². The van der Waals surface area contributed by atoms with E-state index in [0.717, 1.165) is 18.8 Å². The lowest BCUT2D eigenvalue weighted by Crippen LogP contribution is -2.44. The topological polar surface area (TPSA) is 35.5 Å². The summed E-state index contributed by atoms with van der Waals surface area (Å²) in [5.74, 6) is 1.36. The van der Waals surface area contributed by atoms with E-state index < -0.39 is 11.8 Å². The summed E-state index contributed by atoms with van der Waals surface area (Å²) >= 11 is 7.51. The lowest BCUT2D eigenvalue weighted by molar-refractivity contribution is -0.0430. The van der Waals surface area contributed by atoms with Crippen LogP contribution in [0, 0.1) is 11.8 Å². The van der Waals surface area contributed by atoms with Gasteiger partial charge in [0.2, 0.25) is 0 Å². The standard InChI is InChI=1S/C15H24Br2O3/c1-15(2,3)20-14(18)19-12-7-4-9-8-10(16)5-6-11(9)13(12)17/h9-13H,4-8H2,1-3H3. The Morgan fingerprint density at radius 3 is 2.45 bits per heavy atom. The summed E-state index contributed by atoms with van der Waals surface area (Å²) in [6.45, 7) is 5.57. The quantitative estimate of drug-likeness (QED) is 0.447. The smallest absolute Gasteiger partial charge is 0.430 e. The molecule has 2 aliphatic rings. The van der Waals surface area contributed by atoms with Crippen molar-refractivity contribution in [2.24, 2.45) is 11.8 Å². The van der Waals surface area contributed by atoms with Crippen molar-refractivity contribution in [2.45, 2.75) is 74.2 Å². The Morgan fingerprint density at radius 1 is 1.10 bits per heavy atom. The first-order chi connectivity index (χ1) is 9.26. The summed E-state index contributed by atoms with van der Waals surface area (Å²) in [5.41, 5.74) is -0.496. The van der Waals surface area contributed by atoms with E-state index in [4.69, 9.17) is 9.47 Å². The number of hydrogen-bond acceptors (Lipinski definition) is 3. The number of hydrogen-bond donors (Lipinski definition) is 0.